The summed E-state index contributed by atoms with van der Waals surface area (Å²) in [7, 11) is 7.85. The van der Waals surface area contributed by atoms with Gasteiger partial charge in [0.25, 0.3) is 0 Å². The minimum absolute atomic E-state index is 0.0600. The van der Waals surface area contributed by atoms with Gasteiger partial charge in [-0.25, -0.2) is 0 Å². The number of ether oxygens (including phenoxy) is 5. The second kappa shape index (κ2) is 10.4. The van der Waals surface area contributed by atoms with Crippen LogP contribution in [0.2, 0.25) is 0 Å². The van der Waals surface area contributed by atoms with Crippen molar-refractivity contribution in [3.8, 4) is 34.5 Å². The molecule has 0 saturated heterocycles. The normalized spacial score (nSPS) is 14.8. The monoisotopic (exact) mass is 514 g/mol. The molecular weight excluding hydrogens is 484 g/mol. The number of hydrogen-bond donors (Lipinski definition) is 1. The molecule has 1 aliphatic rings. The van der Waals surface area contributed by atoms with Gasteiger partial charge >= 0.3 is 0 Å². The lowest BCUT2D eigenvalue weighted by atomic mass is 9.93. The van der Waals surface area contributed by atoms with Crippen LogP contribution in [0.5, 0.6) is 34.5 Å². The van der Waals surface area contributed by atoms with Crippen molar-refractivity contribution in [2.45, 2.75) is 12.5 Å². The average molecular weight is 515 g/mol. The zero-order valence-corrected chi connectivity index (χ0v) is 22.0. The summed E-state index contributed by atoms with van der Waals surface area (Å²) in [6, 6.07) is 21.4. The summed E-state index contributed by atoms with van der Waals surface area (Å²) in [5, 5.41) is 20.2. The standard InChI is InChI=1S/C30H30N2O6/c1-34-26-15-22(25(33)17-27(26)35-2)23-16-24(21-12-8-10-18-9-6-7-11-20(18)21)32(31-23)19-13-28(36-3)30(38-5)29(14-19)37-4/h6-15,17,24,33H,16H2,1-5H3. The van der Waals surface area contributed by atoms with Gasteiger partial charge in [0.15, 0.2) is 23.0 Å². The van der Waals surface area contributed by atoms with E-state index in [4.69, 9.17) is 28.8 Å². The van der Waals surface area contributed by atoms with Crippen molar-refractivity contribution >= 4 is 22.2 Å². The molecule has 0 amide bonds. The first-order valence-electron chi connectivity index (χ1n) is 12.1. The predicted molar refractivity (Wildman–Crippen MR) is 148 cm³/mol. The first-order valence-corrected chi connectivity index (χ1v) is 12.1. The molecular formula is C30H30N2O6. The van der Waals surface area contributed by atoms with Crippen LogP contribution in [0.25, 0.3) is 10.8 Å². The van der Waals surface area contributed by atoms with Crippen LogP contribution in [0, 0.1) is 0 Å². The lowest BCUT2D eigenvalue weighted by Crippen LogP contribution is -2.19. The Balaban J connectivity index is 1.70. The molecule has 0 aliphatic carbocycles. The molecule has 1 unspecified atom stereocenters. The Morgan fingerprint density at radius 1 is 0.737 bits per heavy atom. The van der Waals surface area contributed by atoms with E-state index in [1.165, 1.54) is 7.11 Å². The number of hydrazone groups is 1. The van der Waals surface area contributed by atoms with Crippen LogP contribution in [-0.2, 0) is 0 Å². The van der Waals surface area contributed by atoms with Crippen molar-refractivity contribution in [1.29, 1.82) is 0 Å². The largest absolute Gasteiger partial charge is 0.507 e. The summed E-state index contributed by atoms with van der Waals surface area (Å²) in [5.41, 5.74) is 3.14. The van der Waals surface area contributed by atoms with E-state index in [0.717, 1.165) is 22.0 Å². The zero-order valence-electron chi connectivity index (χ0n) is 22.0. The van der Waals surface area contributed by atoms with Gasteiger partial charge in [0.1, 0.15) is 5.75 Å². The van der Waals surface area contributed by atoms with Gasteiger partial charge in [-0.3, -0.25) is 5.01 Å². The molecule has 5 rings (SSSR count). The molecule has 0 bridgehead atoms. The molecule has 0 fully saturated rings. The lowest BCUT2D eigenvalue weighted by molar-refractivity contribution is 0.324. The van der Waals surface area contributed by atoms with Crippen LogP contribution >= 0.6 is 0 Å². The zero-order chi connectivity index (χ0) is 26.8. The maximum Gasteiger partial charge on any atom is 0.203 e. The molecule has 4 aromatic rings. The smallest absolute Gasteiger partial charge is 0.203 e. The highest BCUT2D eigenvalue weighted by Gasteiger charge is 2.33. The highest BCUT2D eigenvalue weighted by molar-refractivity contribution is 6.06. The molecule has 8 heteroatoms. The Morgan fingerprint density at radius 2 is 1.37 bits per heavy atom. The molecule has 1 atom stereocenters. The van der Waals surface area contributed by atoms with Gasteiger partial charge in [0.2, 0.25) is 5.75 Å². The molecule has 38 heavy (non-hydrogen) atoms. The third-order valence-electron chi connectivity index (χ3n) is 6.82. The minimum atomic E-state index is -0.175. The first-order chi connectivity index (χ1) is 18.5. The quantitative estimate of drug-likeness (QED) is 0.311. The second-order valence-corrected chi connectivity index (χ2v) is 8.79. The van der Waals surface area contributed by atoms with E-state index in [9.17, 15) is 5.11 Å². The summed E-state index contributed by atoms with van der Waals surface area (Å²) in [5.74, 6) is 2.56. The molecule has 1 N–H and O–H groups in total. The van der Waals surface area contributed by atoms with Crippen LogP contribution in [-0.4, -0.2) is 46.4 Å². The fourth-order valence-electron chi connectivity index (χ4n) is 4.99. The van der Waals surface area contributed by atoms with Crippen LogP contribution in [0.15, 0.2) is 71.8 Å². The summed E-state index contributed by atoms with van der Waals surface area (Å²) in [6.45, 7) is 0. The molecule has 1 heterocycles. The van der Waals surface area contributed by atoms with Crippen molar-refractivity contribution in [3.63, 3.8) is 0 Å². The number of hydrogen-bond acceptors (Lipinski definition) is 8. The van der Waals surface area contributed by atoms with Crippen LogP contribution in [0.4, 0.5) is 5.69 Å². The number of phenols is 1. The second-order valence-electron chi connectivity index (χ2n) is 8.79. The molecule has 0 saturated carbocycles. The predicted octanol–water partition coefficient (Wildman–Crippen LogP) is 5.94. The minimum Gasteiger partial charge on any atom is -0.507 e. The van der Waals surface area contributed by atoms with Crippen LogP contribution in [0.3, 0.4) is 0 Å². The SMILES string of the molecule is COc1cc(O)c(C2=NN(c3cc(OC)c(OC)c(OC)c3)C(c3cccc4ccccc34)C2)cc1OC. The number of nitrogens with zero attached hydrogens (tertiary/aromatic N) is 2. The summed E-state index contributed by atoms with van der Waals surface area (Å²) in [4.78, 5) is 0. The van der Waals surface area contributed by atoms with Gasteiger partial charge < -0.3 is 28.8 Å². The maximum atomic E-state index is 10.9. The molecule has 4 aromatic carbocycles. The summed E-state index contributed by atoms with van der Waals surface area (Å²) >= 11 is 0. The van der Waals surface area contributed by atoms with Crippen LogP contribution < -0.4 is 28.7 Å². The number of rotatable bonds is 8. The van der Waals surface area contributed by atoms with Gasteiger partial charge in [-0.15, -0.1) is 0 Å². The third-order valence-corrected chi connectivity index (χ3v) is 6.82. The molecule has 8 nitrogen and oxygen atoms in total. The van der Waals surface area contributed by atoms with Crippen LogP contribution in [0.1, 0.15) is 23.6 Å². The Morgan fingerprint density at radius 3 is 2.03 bits per heavy atom. The first kappa shape index (κ1) is 25.1. The molecule has 0 spiro atoms. The number of anilines is 1. The van der Waals surface area contributed by atoms with Gasteiger partial charge in [0.05, 0.1) is 53.0 Å². The van der Waals surface area contributed by atoms with E-state index in [-0.39, 0.29) is 11.8 Å². The number of aromatic hydroxyl groups is 1. The van der Waals surface area contributed by atoms with Crippen molar-refractivity contribution in [1.82, 2.24) is 0 Å². The third kappa shape index (κ3) is 4.28. The molecule has 0 aromatic heterocycles. The molecule has 1 aliphatic heterocycles. The van der Waals surface area contributed by atoms with E-state index in [2.05, 4.69) is 30.3 Å². The highest BCUT2D eigenvalue weighted by atomic mass is 16.5. The summed E-state index contributed by atoms with van der Waals surface area (Å²) < 4.78 is 27.7. The van der Waals surface area contributed by atoms with Gasteiger partial charge in [-0.2, -0.15) is 5.10 Å². The van der Waals surface area contributed by atoms with Crippen molar-refractivity contribution < 1.29 is 28.8 Å². The van der Waals surface area contributed by atoms with Crippen molar-refractivity contribution in [2.24, 2.45) is 5.10 Å². The topological polar surface area (TPSA) is 82.0 Å². The Bertz CT molecular complexity index is 1490. The maximum absolute atomic E-state index is 10.9. The lowest BCUT2D eigenvalue weighted by Gasteiger charge is -2.26. The number of methoxy groups -OCH3 is 5. The fourth-order valence-corrected chi connectivity index (χ4v) is 4.99. The molecule has 196 valence electrons. The van der Waals surface area contributed by atoms with Gasteiger partial charge in [-0.05, 0) is 22.4 Å². The highest BCUT2D eigenvalue weighted by Crippen LogP contribution is 2.47. The Labute approximate surface area is 221 Å². The van der Waals surface area contributed by atoms with Gasteiger partial charge in [-0.1, -0.05) is 42.5 Å². The van der Waals surface area contributed by atoms with E-state index in [0.29, 0.717) is 46.4 Å². The summed E-state index contributed by atoms with van der Waals surface area (Å²) in [6.07, 6.45) is 0.535. The fraction of sp³-hybridized carbons (Fsp3) is 0.233. The molecule has 0 radical (unpaired) electrons. The number of phenolic OH excluding ortho intramolecular Hbond substituents is 1. The van der Waals surface area contributed by atoms with Gasteiger partial charge in [0, 0.05) is 30.2 Å². The van der Waals surface area contributed by atoms with Crippen molar-refractivity contribution in [2.75, 3.05) is 40.6 Å². The van der Waals surface area contributed by atoms with E-state index >= 15 is 0 Å². The Hall–Kier alpha value is -4.59. The number of benzene rings is 4. The van der Waals surface area contributed by atoms with E-state index < -0.39 is 0 Å². The van der Waals surface area contributed by atoms with Crippen molar-refractivity contribution in [3.05, 3.63) is 77.9 Å². The van der Waals surface area contributed by atoms with E-state index in [1.54, 1.807) is 40.6 Å². The average Bonchev–Trinajstić information content (AvgIpc) is 3.40. The Kier molecular flexibility index (Phi) is 6.87. The number of fused-ring (bicyclic) bond motifs is 1. The van der Waals surface area contributed by atoms with E-state index in [1.807, 2.05) is 29.3 Å².